The zero-order valence-electron chi connectivity index (χ0n) is 9.67. The van der Waals surface area contributed by atoms with Crippen molar-refractivity contribution < 1.29 is 4.39 Å². The highest BCUT2D eigenvalue weighted by Crippen LogP contribution is 2.25. The number of aromatic nitrogens is 1. The van der Waals surface area contributed by atoms with Gasteiger partial charge < -0.3 is 5.32 Å². The fraction of sp³-hybridized carbons (Fsp3) is 0.154. The van der Waals surface area contributed by atoms with E-state index in [0.29, 0.717) is 11.7 Å². The fourth-order valence-electron chi connectivity index (χ4n) is 1.59. The lowest BCUT2D eigenvalue weighted by Crippen LogP contribution is -2.03. The second-order valence-corrected chi connectivity index (χ2v) is 5.10. The second kappa shape index (κ2) is 5.67. The van der Waals surface area contributed by atoms with E-state index in [1.807, 2.05) is 13.0 Å². The molecule has 2 rings (SSSR count). The summed E-state index contributed by atoms with van der Waals surface area (Å²) in [6.07, 6.45) is 1.66. The summed E-state index contributed by atoms with van der Waals surface area (Å²) in [7, 11) is 0. The largest absolute Gasteiger partial charge is 0.378 e. The molecule has 0 saturated carbocycles. The van der Waals surface area contributed by atoms with Crippen molar-refractivity contribution in [1.29, 1.82) is 0 Å². The van der Waals surface area contributed by atoms with Crippen LogP contribution in [0.1, 0.15) is 11.1 Å². The molecule has 0 spiro atoms. The lowest BCUT2D eigenvalue weighted by Gasteiger charge is -2.11. The molecule has 0 atom stereocenters. The molecule has 0 aliphatic heterocycles. The first kappa shape index (κ1) is 13.3. The number of halogens is 3. The third kappa shape index (κ3) is 3.00. The van der Waals surface area contributed by atoms with E-state index in [4.69, 9.17) is 11.6 Å². The Morgan fingerprint density at radius 1 is 1.39 bits per heavy atom. The lowest BCUT2D eigenvalue weighted by atomic mass is 10.2. The van der Waals surface area contributed by atoms with E-state index in [1.165, 1.54) is 12.1 Å². The van der Waals surface area contributed by atoms with Gasteiger partial charge in [0, 0.05) is 17.2 Å². The summed E-state index contributed by atoms with van der Waals surface area (Å²) in [4.78, 5) is 4.02. The molecule has 0 aliphatic rings. The predicted molar refractivity (Wildman–Crippen MR) is 75.4 cm³/mol. The highest BCUT2D eigenvalue weighted by molar-refractivity contribution is 9.10. The molecule has 2 nitrogen and oxygen atoms in total. The topological polar surface area (TPSA) is 24.9 Å². The normalized spacial score (nSPS) is 10.4. The Balaban J connectivity index is 2.16. The summed E-state index contributed by atoms with van der Waals surface area (Å²) in [5, 5.41) is 3.65. The molecule has 0 radical (unpaired) electrons. The molecule has 0 saturated heterocycles. The van der Waals surface area contributed by atoms with Gasteiger partial charge in [0.2, 0.25) is 0 Å². The van der Waals surface area contributed by atoms with E-state index < -0.39 is 0 Å². The highest BCUT2D eigenvalue weighted by Gasteiger charge is 2.06. The van der Waals surface area contributed by atoms with Gasteiger partial charge in [0.15, 0.2) is 5.15 Å². The Kier molecular flexibility index (Phi) is 4.19. The molecule has 0 aliphatic carbocycles. The molecule has 18 heavy (non-hydrogen) atoms. The zero-order valence-corrected chi connectivity index (χ0v) is 12.0. The van der Waals surface area contributed by atoms with Crippen LogP contribution in [0.25, 0.3) is 0 Å². The van der Waals surface area contributed by atoms with Crippen LogP contribution in [0, 0.1) is 12.7 Å². The summed E-state index contributed by atoms with van der Waals surface area (Å²) in [5.41, 5.74) is 2.78. The van der Waals surface area contributed by atoms with Gasteiger partial charge in [-0.25, -0.2) is 9.37 Å². The smallest absolute Gasteiger partial charge is 0.152 e. The van der Waals surface area contributed by atoms with Crippen molar-refractivity contribution in [3.63, 3.8) is 0 Å². The van der Waals surface area contributed by atoms with Gasteiger partial charge in [-0.15, -0.1) is 0 Å². The Morgan fingerprint density at radius 3 is 2.83 bits per heavy atom. The summed E-state index contributed by atoms with van der Waals surface area (Å²) in [6, 6.07) is 6.48. The number of aryl methyl sites for hydroxylation is 1. The number of benzene rings is 1. The molecule has 0 bridgehead atoms. The van der Waals surface area contributed by atoms with Crippen molar-refractivity contribution in [1.82, 2.24) is 4.98 Å². The molecule has 0 fully saturated rings. The first-order valence-corrected chi connectivity index (χ1v) is 6.54. The Hall–Kier alpha value is -1.13. The minimum atomic E-state index is -0.263. The van der Waals surface area contributed by atoms with Crippen molar-refractivity contribution in [2.75, 3.05) is 5.32 Å². The van der Waals surface area contributed by atoms with Crippen LogP contribution < -0.4 is 5.32 Å². The van der Waals surface area contributed by atoms with E-state index >= 15 is 0 Å². The van der Waals surface area contributed by atoms with Crippen LogP contribution >= 0.6 is 27.5 Å². The van der Waals surface area contributed by atoms with Crippen molar-refractivity contribution in [3.05, 3.63) is 57.0 Å². The lowest BCUT2D eigenvalue weighted by molar-refractivity contribution is 0.626. The van der Waals surface area contributed by atoms with Gasteiger partial charge in [0.25, 0.3) is 0 Å². The molecule has 5 heteroatoms. The monoisotopic (exact) mass is 328 g/mol. The number of anilines is 1. The van der Waals surface area contributed by atoms with Crippen molar-refractivity contribution in [2.24, 2.45) is 0 Å². The minimum absolute atomic E-state index is 0.263. The Labute approximate surface area is 118 Å². The molecule has 0 unspecified atom stereocenters. The van der Waals surface area contributed by atoms with Crippen LogP contribution in [-0.2, 0) is 6.54 Å². The van der Waals surface area contributed by atoms with Crippen LogP contribution in [0.15, 0.2) is 34.9 Å². The van der Waals surface area contributed by atoms with Crippen molar-refractivity contribution in [2.45, 2.75) is 13.5 Å². The van der Waals surface area contributed by atoms with Gasteiger partial charge in [-0.05, 0) is 36.2 Å². The number of nitrogens with zero attached hydrogens (tertiary/aromatic N) is 1. The fourth-order valence-corrected chi connectivity index (χ4v) is 2.35. The van der Waals surface area contributed by atoms with Crippen LogP contribution in [-0.4, -0.2) is 4.98 Å². The first-order valence-electron chi connectivity index (χ1n) is 5.37. The quantitative estimate of drug-likeness (QED) is 0.835. The van der Waals surface area contributed by atoms with Gasteiger partial charge in [0.1, 0.15) is 5.82 Å². The van der Waals surface area contributed by atoms with Crippen LogP contribution in [0.4, 0.5) is 10.1 Å². The van der Waals surface area contributed by atoms with Gasteiger partial charge >= 0.3 is 0 Å². The van der Waals surface area contributed by atoms with E-state index in [2.05, 4.69) is 26.2 Å². The van der Waals surface area contributed by atoms with E-state index in [1.54, 1.807) is 12.3 Å². The Bertz CT molecular complexity index is 555. The minimum Gasteiger partial charge on any atom is -0.378 e. The Morgan fingerprint density at radius 2 is 2.17 bits per heavy atom. The molecule has 1 heterocycles. The summed E-state index contributed by atoms with van der Waals surface area (Å²) < 4.78 is 13.7. The van der Waals surface area contributed by atoms with Crippen molar-refractivity contribution in [3.8, 4) is 0 Å². The van der Waals surface area contributed by atoms with E-state index in [9.17, 15) is 4.39 Å². The maximum absolute atomic E-state index is 13.0. The van der Waals surface area contributed by atoms with Crippen LogP contribution in [0.3, 0.4) is 0 Å². The van der Waals surface area contributed by atoms with E-state index in [-0.39, 0.29) is 5.82 Å². The predicted octanol–water partition coefficient (Wildman–Crippen LogP) is 4.56. The molecule has 1 aromatic heterocycles. The molecule has 1 aromatic carbocycles. The molecular formula is C13H11BrClFN2. The summed E-state index contributed by atoms with van der Waals surface area (Å²) in [5.74, 6) is -0.263. The number of hydrogen-bond acceptors (Lipinski definition) is 2. The standard InChI is InChI=1S/C13H11BrClFN2/c1-8-4-5-17-13(15)12(8)18-7-9-2-3-10(16)6-11(9)14/h2-6,18H,7H2,1H3. The van der Waals surface area contributed by atoms with E-state index in [0.717, 1.165) is 21.3 Å². The highest BCUT2D eigenvalue weighted by atomic mass is 79.9. The van der Waals surface area contributed by atoms with Gasteiger partial charge in [0.05, 0.1) is 5.69 Å². The third-order valence-corrected chi connectivity index (χ3v) is 3.61. The van der Waals surface area contributed by atoms with Crippen LogP contribution in [0.5, 0.6) is 0 Å². The molecule has 2 aromatic rings. The van der Waals surface area contributed by atoms with Crippen molar-refractivity contribution >= 4 is 33.2 Å². The summed E-state index contributed by atoms with van der Waals surface area (Å²) in [6.45, 7) is 2.50. The van der Waals surface area contributed by atoms with Gasteiger partial charge in [-0.2, -0.15) is 0 Å². The number of rotatable bonds is 3. The second-order valence-electron chi connectivity index (χ2n) is 3.88. The molecular weight excluding hydrogens is 319 g/mol. The van der Waals surface area contributed by atoms with Gasteiger partial charge in [-0.3, -0.25) is 0 Å². The van der Waals surface area contributed by atoms with Gasteiger partial charge in [-0.1, -0.05) is 33.6 Å². The number of hydrogen-bond donors (Lipinski definition) is 1. The third-order valence-electron chi connectivity index (χ3n) is 2.58. The number of pyridine rings is 1. The number of nitrogens with one attached hydrogen (secondary N) is 1. The SMILES string of the molecule is Cc1ccnc(Cl)c1NCc1ccc(F)cc1Br. The average Bonchev–Trinajstić information content (AvgIpc) is 2.31. The average molecular weight is 330 g/mol. The zero-order chi connectivity index (χ0) is 13.1. The first-order chi connectivity index (χ1) is 8.58. The summed E-state index contributed by atoms with van der Waals surface area (Å²) >= 11 is 9.34. The molecule has 0 amide bonds. The maximum Gasteiger partial charge on any atom is 0.152 e. The molecule has 1 N–H and O–H groups in total. The maximum atomic E-state index is 13.0. The molecule has 94 valence electrons. The van der Waals surface area contributed by atoms with Crippen LogP contribution in [0.2, 0.25) is 5.15 Å².